The third-order valence-corrected chi connectivity index (χ3v) is 4.48. The van der Waals surface area contributed by atoms with Crippen LogP contribution in [0.3, 0.4) is 0 Å². The van der Waals surface area contributed by atoms with E-state index in [1.807, 2.05) is 30.3 Å². The maximum Gasteiger partial charge on any atom is 0.337 e. The fourth-order valence-electron chi connectivity index (χ4n) is 3.28. The van der Waals surface area contributed by atoms with E-state index >= 15 is 0 Å². The van der Waals surface area contributed by atoms with Crippen molar-refractivity contribution in [2.45, 2.75) is 31.8 Å². The summed E-state index contributed by atoms with van der Waals surface area (Å²) < 4.78 is 6.16. The summed E-state index contributed by atoms with van der Waals surface area (Å²) in [4.78, 5) is 19.1. The summed E-state index contributed by atoms with van der Waals surface area (Å²) in [5, 5.41) is 9.33. The van der Waals surface area contributed by atoms with Crippen LogP contribution in [-0.4, -0.2) is 27.1 Å². The molecule has 24 heavy (non-hydrogen) atoms. The third-order valence-electron chi connectivity index (χ3n) is 4.48. The number of para-hydroxylation sites is 2. The molecule has 2 aromatic carbocycles. The van der Waals surface area contributed by atoms with Crippen LogP contribution in [0.2, 0.25) is 0 Å². The molecule has 1 fully saturated rings. The standard InChI is InChI=1S/C19H18N2O3/c22-19(23)14-9-5-10-15-17(14)21-18(20-15)13-8-3-4-11-16(13)24-12-6-1-2-7-12/h3-5,8-12H,1-2,6-7H2,(H,20,21)(H,22,23). The van der Waals surface area contributed by atoms with E-state index in [0.29, 0.717) is 16.9 Å². The Bertz CT molecular complexity index is 895. The highest BCUT2D eigenvalue weighted by molar-refractivity contribution is 6.01. The summed E-state index contributed by atoms with van der Waals surface area (Å²) in [5.74, 6) is 0.446. The molecule has 2 N–H and O–H groups in total. The molecule has 1 aliphatic carbocycles. The molecule has 1 saturated carbocycles. The van der Waals surface area contributed by atoms with Crippen LogP contribution < -0.4 is 4.74 Å². The van der Waals surface area contributed by atoms with Gasteiger partial charge in [-0.2, -0.15) is 0 Å². The Morgan fingerprint density at radius 2 is 1.92 bits per heavy atom. The number of aromatic nitrogens is 2. The first kappa shape index (κ1) is 14.8. The first-order chi connectivity index (χ1) is 11.7. The summed E-state index contributed by atoms with van der Waals surface area (Å²) in [6, 6.07) is 12.9. The first-order valence-electron chi connectivity index (χ1n) is 8.20. The van der Waals surface area contributed by atoms with Crippen LogP contribution in [-0.2, 0) is 0 Å². The average Bonchev–Trinajstić information content (AvgIpc) is 3.23. The highest BCUT2D eigenvalue weighted by Crippen LogP contribution is 2.33. The molecule has 4 rings (SSSR count). The van der Waals surface area contributed by atoms with E-state index in [1.54, 1.807) is 12.1 Å². The van der Waals surface area contributed by atoms with Gasteiger partial charge in [-0.05, 0) is 49.9 Å². The van der Waals surface area contributed by atoms with Crippen LogP contribution >= 0.6 is 0 Å². The van der Waals surface area contributed by atoms with Gasteiger partial charge in [-0.25, -0.2) is 9.78 Å². The highest BCUT2D eigenvalue weighted by atomic mass is 16.5. The van der Waals surface area contributed by atoms with Gasteiger partial charge in [0.1, 0.15) is 17.1 Å². The van der Waals surface area contributed by atoms with E-state index < -0.39 is 5.97 Å². The molecule has 1 aromatic heterocycles. The smallest absolute Gasteiger partial charge is 0.337 e. The van der Waals surface area contributed by atoms with Crippen molar-refractivity contribution in [2.24, 2.45) is 0 Å². The molecule has 0 atom stereocenters. The monoisotopic (exact) mass is 322 g/mol. The number of ether oxygens (including phenoxy) is 1. The van der Waals surface area contributed by atoms with Gasteiger partial charge in [0.2, 0.25) is 0 Å². The number of aromatic amines is 1. The number of nitrogens with zero attached hydrogens (tertiary/aromatic N) is 1. The quantitative estimate of drug-likeness (QED) is 0.753. The summed E-state index contributed by atoms with van der Waals surface area (Å²) in [5.41, 5.74) is 2.23. The minimum Gasteiger partial charge on any atom is -0.490 e. The van der Waals surface area contributed by atoms with Crippen molar-refractivity contribution >= 4 is 17.0 Å². The molecule has 0 bridgehead atoms. The summed E-state index contributed by atoms with van der Waals surface area (Å²) >= 11 is 0. The van der Waals surface area contributed by atoms with Crippen molar-refractivity contribution in [3.8, 4) is 17.1 Å². The van der Waals surface area contributed by atoms with E-state index in [9.17, 15) is 9.90 Å². The molecule has 5 heteroatoms. The van der Waals surface area contributed by atoms with Crippen molar-refractivity contribution < 1.29 is 14.6 Å². The molecule has 0 aliphatic heterocycles. The summed E-state index contributed by atoms with van der Waals surface area (Å²) in [6.45, 7) is 0. The molecule has 122 valence electrons. The van der Waals surface area contributed by atoms with Gasteiger partial charge in [0.25, 0.3) is 0 Å². The Labute approximate surface area is 139 Å². The number of carbonyl (C=O) groups is 1. The molecule has 1 aliphatic rings. The SMILES string of the molecule is O=C(O)c1cccc2[nH]c(-c3ccccc3OC3CCCC3)nc12. The Morgan fingerprint density at radius 1 is 1.12 bits per heavy atom. The molecule has 0 radical (unpaired) electrons. The zero-order valence-electron chi connectivity index (χ0n) is 13.2. The molecular weight excluding hydrogens is 304 g/mol. The zero-order valence-corrected chi connectivity index (χ0v) is 13.2. The molecule has 0 amide bonds. The lowest BCUT2D eigenvalue weighted by Crippen LogP contribution is -2.11. The summed E-state index contributed by atoms with van der Waals surface area (Å²) in [6.07, 6.45) is 4.83. The number of hydrogen-bond donors (Lipinski definition) is 2. The van der Waals surface area contributed by atoms with Gasteiger partial charge in [-0.15, -0.1) is 0 Å². The van der Waals surface area contributed by atoms with Gasteiger partial charge < -0.3 is 14.8 Å². The van der Waals surface area contributed by atoms with Gasteiger partial charge >= 0.3 is 5.97 Å². The lowest BCUT2D eigenvalue weighted by atomic mass is 10.2. The van der Waals surface area contributed by atoms with Crippen molar-refractivity contribution in [3.63, 3.8) is 0 Å². The Kier molecular flexibility index (Phi) is 3.69. The number of benzene rings is 2. The number of nitrogens with one attached hydrogen (secondary N) is 1. The highest BCUT2D eigenvalue weighted by Gasteiger charge is 2.20. The van der Waals surface area contributed by atoms with Crippen LogP contribution in [0.5, 0.6) is 5.75 Å². The van der Waals surface area contributed by atoms with Crippen LogP contribution in [0.1, 0.15) is 36.0 Å². The minimum absolute atomic E-state index is 0.198. The largest absolute Gasteiger partial charge is 0.490 e. The second-order valence-corrected chi connectivity index (χ2v) is 6.11. The first-order valence-corrected chi connectivity index (χ1v) is 8.20. The second kappa shape index (κ2) is 6.00. The molecule has 0 spiro atoms. The van der Waals surface area contributed by atoms with Gasteiger partial charge in [-0.3, -0.25) is 0 Å². The molecule has 3 aromatic rings. The number of rotatable bonds is 4. The topological polar surface area (TPSA) is 75.2 Å². The predicted octanol–water partition coefficient (Wildman–Crippen LogP) is 4.25. The van der Waals surface area contributed by atoms with E-state index in [4.69, 9.17) is 4.74 Å². The zero-order chi connectivity index (χ0) is 16.5. The number of carboxylic acid groups (broad SMARTS) is 1. The Morgan fingerprint density at radius 3 is 2.71 bits per heavy atom. The average molecular weight is 322 g/mol. The molecule has 0 saturated heterocycles. The minimum atomic E-state index is -0.978. The number of carboxylic acids is 1. The van der Waals surface area contributed by atoms with Crippen molar-refractivity contribution in [1.29, 1.82) is 0 Å². The van der Waals surface area contributed by atoms with E-state index in [2.05, 4.69) is 9.97 Å². The number of aromatic carboxylic acids is 1. The second-order valence-electron chi connectivity index (χ2n) is 6.11. The molecule has 5 nitrogen and oxygen atoms in total. The van der Waals surface area contributed by atoms with Gasteiger partial charge in [0, 0.05) is 0 Å². The number of fused-ring (bicyclic) bond motifs is 1. The van der Waals surface area contributed by atoms with Crippen molar-refractivity contribution in [3.05, 3.63) is 48.0 Å². The van der Waals surface area contributed by atoms with Gasteiger partial charge in [0.15, 0.2) is 0 Å². The van der Waals surface area contributed by atoms with E-state index in [1.165, 1.54) is 12.8 Å². The van der Waals surface area contributed by atoms with Crippen LogP contribution in [0.4, 0.5) is 0 Å². The summed E-state index contributed by atoms with van der Waals surface area (Å²) in [7, 11) is 0. The maximum atomic E-state index is 11.4. The lowest BCUT2D eigenvalue weighted by Gasteiger charge is -2.15. The fourth-order valence-corrected chi connectivity index (χ4v) is 3.28. The number of hydrogen-bond acceptors (Lipinski definition) is 3. The third kappa shape index (κ3) is 2.62. The van der Waals surface area contributed by atoms with Crippen molar-refractivity contribution in [2.75, 3.05) is 0 Å². The fraction of sp³-hybridized carbons (Fsp3) is 0.263. The molecular formula is C19H18N2O3. The molecule has 1 heterocycles. The van der Waals surface area contributed by atoms with Gasteiger partial charge in [-0.1, -0.05) is 18.2 Å². The normalized spacial score (nSPS) is 15.0. The lowest BCUT2D eigenvalue weighted by molar-refractivity contribution is 0.0699. The molecule has 0 unspecified atom stereocenters. The Balaban J connectivity index is 1.77. The maximum absolute atomic E-state index is 11.4. The van der Waals surface area contributed by atoms with Crippen LogP contribution in [0.25, 0.3) is 22.4 Å². The van der Waals surface area contributed by atoms with E-state index in [-0.39, 0.29) is 11.7 Å². The van der Waals surface area contributed by atoms with Crippen LogP contribution in [0.15, 0.2) is 42.5 Å². The number of H-pyrrole nitrogens is 1. The van der Waals surface area contributed by atoms with Gasteiger partial charge in [0.05, 0.1) is 22.7 Å². The predicted molar refractivity (Wildman–Crippen MR) is 91.4 cm³/mol. The van der Waals surface area contributed by atoms with Crippen molar-refractivity contribution in [1.82, 2.24) is 9.97 Å². The Hall–Kier alpha value is -2.82. The van der Waals surface area contributed by atoms with E-state index in [0.717, 1.165) is 24.2 Å². The number of imidazole rings is 1. The van der Waals surface area contributed by atoms with Crippen LogP contribution in [0, 0.1) is 0 Å².